The standard InChI is InChI=1S/C15H11Cl3N6O4/c1-28-15-12(24(26)27)11(20-21-15)14(25)19-13-10(18)6-23(22-13)5-7-8(16)3-2-4-9(7)17/h2-4,6H,5H2,1H3,(H,20,21)(H,19,22,25). The van der Waals surface area contributed by atoms with Crippen LogP contribution in [0.2, 0.25) is 15.1 Å². The molecule has 0 fully saturated rings. The van der Waals surface area contributed by atoms with Gasteiger partial charge >= 0.3 is 11.6 Å². The van der Waals surface area contributed by atoms with Crippen molar-refractivity contribution >= 4 is 52.2 Å². The summed E-state index contributed by atoms with van der Waals surface area (Å²) in [5.41, 5.74) is -0.378. The normalized spacial score (nSPS) is 10.7. The highest BCUT2D eigenvalue weighted by Gasteiger charge is 2.30. The number of benzene rings is 1. The van der Waals surface area contributed by atoms with Gasteiger partial charge < -0.3 is 10.1 Å². The van der Waals surface area contributed by atoms with Crippen molar-refractivity contribution in [2.24, 2.45) is 0 Å². The van der Waals surface area contributed by atoms with E-state index < -0.39 is 22.2 Å². The second kappa shape index (κ2) is 8.05. The van der Waals surface area contributed by atoms with Crippen molar-refractivity contribution in [1.29, 1.82) is 0 Å². The Morgan fingerprint density at radius 1 is 1.32 bits per heavy atom. The minimum atomic E-state index is -0.856. The number of H-pyrrole nitrogens is 1. The van der Waals surface area contributed by atoms with Crippen molar-refractivity contribution in [2.75, 3.05) is 12.4 Å². The average molecular weight is 446 g/mol. The molecule has 0 saturated heterocycles. The number of methoxy groups -OCH3 is 1. The highest BCUT2D eigenvalue weighted by molar-refractivity contribution is 6.36. The van der Waals surface area contributed by atoms with Gasteiger partial charge in [0, 0.05) is 21.8 Å². The third-order valence-corrected chi connectivity index (χ3v) is 4.63. The van der Waals surface area contributed by atoms with E-state index in [0.717, 1.165) is 0 Å². The van der Waals surface area contributed by atoms with Crippen LogP contribution in [0.5, 0.6) is 5.88 Å². The van der Waals surface area contributed by atoms with Crippen molar-refractivity contribution < 1.29 is 14.5 Å². The van der Waals surface area contributed by atoms with E-state index in [0.29, 0.717) is 15.6 Å². The predicted octanol–water partition coefficient (Wildman–Crippen LogP) is 3.78. The summed E-state index contributed by atoms with van der Waals surface area (Å²) in [6.07, 6.45) is 1.46. The number of hydrogen-bond donors (Lipinski definition) is 2. The Kier molecular flexibility index (Phi) is 5.73. The van der Waals surface area contributed by atoms with Gasteiger partial charge in [-0.15, -0.1) is 5.10 Å². The fourth-order valence-electron chi connectivity index (χ4n) is 2.37. The average Bonchev–Trinajstić information content (AvgIpc) is 3.22. The number of anilines is 1. The summed E-state index contributed by atoms with van der Waals surface area (Å²) in [4.78, 5) is 22.8. The van der Waals surface area contributed by atoms with Crippen molar-refractivity contribution in [3.63, 3.8) is 0 Å². The first kappa shape index (κ1) is 19.9. The number of nitrogens with zero attached hydrogens (tertiary/aromatic N) is 4. The number of nitro groups is 1. The molecular weight excluding hydrogens is 435 g/mol. The first-order valence-electron chi connectivity index (χ1n) is 7.55. The van der Waals surface area contributed by atoms with E-state index in [4.69, 9.17) is 39.5 Å². The van der Waals surface area contributed by atoms with Crippen LogP contribution < -0.4 is 10.1 Å². The van der Waals surface area contributed by atoms with E-state index in [1.807, 2.05) is 0 Å². The van der Waals surface area contributed by atoms with Gasteiger partial charge in [-0.25, -0.2) is 0 Å². The maximum Gasteiger partial charge on any atom is 0.362 e. The third-order valence-electron chi connectivity index (χ3n) is 3.64. The van der Waals surface area contributed by atoms with E-state index in [2.05, 4.69) is 20.6 Å². The van der Waals surface area contributed by atoms with Crippen LogP contribution in [0.1, 0.15) is 16.1 Å². The lowest BCUT2D eigenvalue weighted by Crippen LogP contribution is -2.15. The van der Waals surface area contributed by atoms with Crippen LogP contribution in [0.4, 0.5) is 11.5 Å². The third kappa shape index (κ3) is 3.88. The van der Waals surface area contributed by atoms with Crippen LogP contribution >= 0.6 is 34.8 Å². The Morgan fingerprint density at radius 3 is 2.61 bits per heavy atom. The molecule has 2 aromatic heterocycles. The lowest BCUT2D eigenvalue weighted by Gasteiger charge is -2.06. The summed E-state index contributed by atoms with van der Waals surface area (Å²) in [6, 6.07) is 5.07. The quantitative estimate of drug-likeness (QED) is 0.439. The SMILES string of the molecule is COc1n[nH]c(C(=O)Nc2nn(Cc3c(Cl)cccc3Cl)cc2Cl)c1[N+](=O)[O-]. The molecule has 1 amide bonds. The molecule has 28 heavy (non-hydrogen) atoms. The molecule has 0 bridgehead atoms. The number of nitrogens with one attached hydrogen (secondary N) is 2. The van der Waals surface area contributed by atoms with Gasteiger partial charge in [-0.05, 0) is 12.1 Å². The number of aromatic nitrogens is 4. The molecule has 0 saturated carbocycles. The van der Waals surface area contributed by atoms with Crippen LogP contribution in [0.15, 0.2) is 24.4 Å². The molecule has 0 aliphatic rings. The number of ether oxygens (including phenoxy) is 1. The van der Waals surface area contributed by atoms with Crippen molar-refractivity contribution in [3.05, 3.63) is 60.8 Å². The largest absolute Gasteiger partial charge is 0.475 e. The van der Waals surface area contributed by atoms with E-state index in [1.54, 1.807) is 18.2 Å². The highest BCUT2D eigenvalue weighted by atomic mass is 35.5. The topological polar surface area (TPSA) is 128 Å². The summed E-state index contributed by atoms with van der Waals surface area (Å²) in [5.74, 6) is -1.18. The van der Waals surface area contributed by atoms with Crippen molar-refractivity contribution in [2.45, 2.75) is 6.54 Å². The number of hydrogen-bond acceptors (Lipinski definition) is 6. The van der Waals surface area contributed by atoms with E-state index in [1.165, 1.54) is 18.0 Å². The smallest absolute Gasteiger partial charge is 0.362 e. The zero-order valence-electron chi connectivity index (χ0n) is 14.1. The van der Waals surface area contributed by atoms with Gasteiger partial charge in [0.25, 0.3) is 5.91 Å². The van der Waals surface area contributed by atoms with E-state index >= 15 is 0 Å². The summed E-state index contributed by atoms with van der Waals surface area (Å²) in [7, 11) is 1.20. The number of rotatable bonds is 6. The maximum absolute atomic E-state index is 12.4. The molecular formula is C15H11Cl3N6O4. The summed E-state index contributed by atoms with van der Waals surface area (Å²) < 4.78 is 6.19. The molecule has 0 aliphatic heterocycles. The first-order chi connectivity index (χ1) is 13.3. The molecule has 3 rings (SSSR count). The van der Waals surface area contributed by atoms with Crippen molar-refractivity contribution in [1.82, 2.24) is 20.0 Å². The summed E-state index contributed by atoms with van der Waals surface area (Å²) in [6.45, 7) is 0.201. The van der Waals surface area contributed by atoms with Gasteiger partial charge in [0.05, 0.1) is 18.6 Å². The maximum atomic E-state index is 12.4. The molecule has 0 atom stereocenters. The van der Waals surface area contributed by atoms with Crippen molar-refractivity contribution in [3.8, 4) is 5.88 Å². The molecule has 1 aromatic carbocycles. The minimum absolute atomic E-state index is 0.00212. The second-order valence-electron chi connectivity index (χ2n) is 5.39. The molecule has 13 heteroatoms. The zero-order chi connectivity index (χ0) is 20.4. The molecule has 0 spiro atoms. The predicted molar refractivity (Wildman–Crippen MR) is 103 cm³/mol. The van der Waals surface area contributed by atoms with Crippen LogP contribution in [0.3, 0.4) is 0 Å². The number of carbonyl (C=O) groups is 1. The number of aromatic amines is 1. The fourth-order valence-corrected chi connectivity index (χ4v) is 3.08. The Morgan fingerprint density at radius 2 is 2.00 bits per heavy atom. The monoisotopic (exact) mass is 444 g/mol. The minimum Gasteiger partial charge on any atom is -0.475 e. The zero-order valence-corrected chi connectivity index (χ0v) is 16.3. The van der Waals surface area contributed by atoms with Gasteiger partial charge in [-0.1, -0.05) is 40.9 Å². The lowest BCUT2D eigenvalue weighted by atomic mass is 10.2. The molecule has 3 aromatic rings. The molecule has 2 heterocycles. The number of carbonyl (C=O) groups excluding carboxylic acids is 1. The van der Waals surface area contributed by atoms with E-state index in [9.17, 15) is 14.9 Å². The summed E-state index contributed by atoms with van der Waals surface area (Å²) >= 11 is 18.4. The molecule has 0 unspecified atom stereocenters. The Hall–Kier alpha value is -2.82. The molecule has 2 N–H and O–H groups in total. The van der Waals surface area contributed by atoms with Crippen LogP contribution in [0.25, 0.3) is 0 Å². The second-order valence-corrected chi connectivity index (χ2v) is 6.61. The van der Waals surface area contributed by atoms with Gasteiger partial charge in [-0.2, -0.15) is 5.10 Å². The lowest BCUT2D eigenvalue weighted by molar-refractivity contribution is -0.386. The van der Waals surface area contributed by atoms with Gasteiger partial charge in [-0.3, -0.25) is 24.7 Å². The van der Waals surface area contributed by atoms with Gasteiger partial charge in [0.1, 0.15) is 5.02 Å². The van der Waals surface area contributed by atoms with Crippen LogP contribution in [0, 0.1) is 10.1 Å². The Balaban J connectivity index is 1.84. The summed E-state index contributed by atoms with van der Waals surface area (Å²) in [5, 5.41) is 24.6. The fraction of sp³-hybridized carbons (Fsp3) is 0.133. The Labute approximate surface area is 172 Å². The first-order valence-corrected chi connectivity index (χ1v) is 8.69. The van der Waals surface area contributed by atoms with Crippen LogP contribution in [-0.2, 0) is 6.54 Å². The molecule has 0 radical (unpaired) electrons. The Bertz CT molecular complexity index is 1040. The molecule has 0 aliphatic carbocycles. The number of halogens is 3. The highest BCUT2D eigenvalue weighted by Crippen LogP contribution is 2.30. The van der Waals surface area contributed by atoms with Gasteiger partial charge in [0.2, 0.25) is 5.69 Å². The van der Waals surface area contributed by atoms with Crippen LogP contribution in [-0.4, -0.2) is 37.9 Å². The van der Waals surface area contributed by atoms with Gasteiger partial charge in [0.15, 0.2) is 5.82 Å². The molecule has 146 valence electrons. The van der Waals surface area contributed by atoms with E-state index in [-0.39, 0.29) is 23.3 Å². The molecule has 10 nitrogen and oxygen atoms in total. The number of amides is 1.